The fraction of sp³-hybridized carbons (Fsp3) is 0.750. The molecule has 17 heavy (non-hydrogen) atoms. The van der Waals surface area contributed by atoms with Crippen LogP contribution in [0.2, 0.25) is 0 Å². The summed E-state index contributed by atoms with van der Waals surface area (Å²) in [7, 11) is -4.68. The van der Waals surface area contributed by atoms with Gasteiger partial charge < -0.3 is 9.47 Å². The van der Waals surface area contributed by atoms with Gasteiger partial charge in [-0.15, -0.1) is 0 Å². The molecular weight excluding hydrogens is 247 g/mol. The smallest absolute Gasteiger partial charge is 0.327 e. The second kappa shape index (κ2) is 8.53. The number of rotatable bonds is 6. The Bertz CT molecular complexity index is 351. The zero-order valence-electron chi connectivity index (χ0n) is 10.0. The van der Waals surface area contributed by atoms with Gasteiger partial charge in [-0.1, -0.05) is 0 Å². The monoisotopic (exact) mass is 261 g/mol. The maximum atomic E-state index is 11.2. The predicted octanol–water partition coefficient (Wildman–Crippen LogP) is -0.622. The molecule has 0 heterocycles. The molecule has 0 aromatic heterocycles. The summed E-state index contributed by atoms with van der Waals surface area (Å²) in [5, 5.41) is -1.92. The van der Waals surface area contributed by atoms with E-state index < -0.39 is 33.7 Å². The van der Waals surface area contributed by atoms with Crippen molar-refractivity contribution < 1.29 is 32.0 Å². The van der Waals surface area contributed by atoms with E-state index in [-0.39, 0.29) is 32.1 Å². The van der Waals surface area contributed by atoms with Crippen LogP contribution < -0.4 is 0 Å². The van der Waals surface area contributed by atoms with Crippen LogP contribution in [0.25, 0.3) is 0 Å². The molecule has 0 aliphatic heterocycles. The van der Waals surface area contributed by atoms with Gasteiger partial charge in [-0.2, -0.15) is 8.42 Å². The molecule has 0 bridgehead atoms. The third-order valence-electron chi connectivity index (χ3n) is 1.57. The van der Waals surface area contributed by atoms with Crippen molar-refractivity contribution >= 4 is 40.9 Å². The first kappa shape index (κ1) is 18.8. The first-order valence-corrected chi connectivity index (χ1v) is 6.11. The van der Waals surface area contributed by atoms with Crippen LogP contribution in [0, 0.1) is 0 Å². The Kier molecular flexibility index (Phi) is 9.43. The van der Waals surface area contributed by atoms with Crippen molar-refractivity contribution in [2.45, 2.75) is 25.5 Å². The Balaban J connectivity index is 0. The molecule has 0 saturated carbocycles. The average Bonchev–Trinajstić information content (AvgIpc) is 2.13. The number of ether oxygens (including phenoxy) is 2. The quantitative estimate of drug-likeness (QED) is 0.385. The topological polar surface area (TPSA) is 107 Å². The second-order valence-corrected chi connectivity index (χ2v) is 4.36. The first-order chi connectivity index (χ1) is 7.32. The third kappa shape index (κ3) is 7.39. The van der Waals surface area contributed by atoms with E-state index >= 15 is 0 Å². The molecule has 0 aromatic rings. The Hall–Kier alpha value is -0.553. The largest absolute Gasteiger partial charge is 0.466 e. The summed E-state index contributed by atoms with van der Waals surface area (Å²) in [6, 6.07) is 0. The van der Waals surface area contributed by atoms with E-state index in [9.17, 15) is 18.0 Å². The molecule has 0 spiro atoms. The molecule has 1 unspecified atom stereocenters. The van der Waals surface area contributed by atoms with Crippen LogP contribution in [0.5, 0.6) is 0 Å². The number of hydrogen-bond acceptors (Lipinski definition) is 6. The number of esters is 2. The Morgan fingerprint density at radius 3 is 2.00 bits per heavy atom. The molecule has 1 radical (unpaired) electrons. The molecule has 1 atom stereocenters. The predicted molar refractivity (Wildman–Crippen MR) is 59.0 cm³/mol. The van der Waals surface area contributed by atoms with Gasteiger partial charge in [0, 0.05) is 18.9 Å². The normalized spacial score (nSPS) is 12.2. The van der Waals surface area contributed by atoms with E-state index in [1.807, 2.05) is 0 Å². The molecule has 0 aliphatic rings. The van der Waals surface area contributed by atoms with Gasteiger partial charge in [0.25, 0.3) is 10.1 Å². The molecule has 0 rings (SSSR count). The maximum Gasteiger partial charge on any atom is 0.327 e. The van der Waals surface area contributed by atoms with Gasteiger partial charge in [-0.3, -0.25) is 14.1 Å². The standard InChI is InChI=1S/C8H14O7S.Li/c1-3-14-7(9)5-6(16(11,12)13)8(10)15-4-2;/h6H,3-5H2,1-2H3,(H,11,12,13);. The van der Waals surface area contributed by atoms with Crippen LogP contribution in [-0.4, -0.2) is 62.2 Å². The summed E-state index contributed by atoms with van der Waals surface area (Å²) >= 11 is 0. The van der Waals surface area contributed by atoms with Crippen molar-refractivity contribution in [2.75, 3.05) is 13.2 Å². The van der Waals surface area contributed by atoms with Crippen molar-refractivity contribution in [1.29, 1.82) is 0 Å². The third-order valence-corrected chi connectivity index (χ3v) is 2.64. The molecule has 0 aromatic carbocycles. The van der Waals surface area contributed by atoms with Crippen LogP contribution in [0.15, 0.2) is 0 Å². The molecular formula is C8H14LiO7S. The zero-order chi connectivity index (χ0) is 12.8. The number of hydrogen-bond donors (Lipinski definition) is 1. The minimum Gasteiger partial charge on any atom is -0.466 e. The van der Waals surface area contributed by atoms with Crippen molar-refractivity contribution in [2.24, 2.45) is 0 Å². The maximum absolute atomic E-state index is 11.2. The van der Waals surface area contributed by atoms with Crippen LogP contribution in [-0.2, 0) is 29.2 Å². The molecule has 9 heteroatoms. The fourth-order valence-electron chi connectivity index (χ4n) is 0.917. The Morgan fingerprint density at radius 2 is 1.65 bits per heavy atom. The average molecular weight is 261 g/mol. The van der Waals surface area contributed by atoms with Crippen molar-refractivity contribution in [3.05, 3.63) is 0 Å². The van der Waals surface area contributed by atoms with E-state index in [0.29, 0.717) is 0 Å². The summed E-state index contributed by atoms with van der Waals surface area (Å²) in [5.74, 6) is -2.06. The van der Waals surface area contributed by atoms with Crippen molar-refractivity contribution in [1.82, 2.24) is 0 Å². The van der Waals surface area contributed by atoms with Gasteiger partial charge in [0.1, 0.15) is 0 Å². The van der Waals surface area contributed by atoms with Crippen LogP contribution in [0.1, 0.15) is 20.3 Å². The Morgan fingerprint density at radius 1 is 1.18 bits per heavy atom. The van der Waals surface area contributed by atoms with Crippen molar-refractivity contribution in [3.8, 4) is 0 Å². The Labute approximate surface area is 112 Å². The number of carbonyl (C=O) groups excluding carboxylic acids is 2. The van der Waals surface area contributed by atoms with Gasteiger partial charge >= 0.3 is 11.9 Å². The molecule has 0 aliphatic carbocycles. The van der Waals surface area contributed by atoms with E-state index in [2.05, 4.69) is 9.47 Å². The summed E-state index contributed by atoms with van der Waals surface area (Å²) in [6.07, 6.45) is -0.758. The minimum atomic E-state index is -4.68. The van der Waals surface area contributed by atoms with Gasteiger partial charge in [-0.05, 0) is 13.8 Å². The van der Waals surface area contributed by atoms with Crippen LogP contribution >= 0.6 is 0 Å². The first-order valence-electron chi connectivity index (χ1n) is 4.61. The minimum absolute atomic E-state index is 0. The molecule has 0 fully saturated rings. The molecule has 0 amide bonds. The van der Waals surface area contributed by atoms with Crippen LogP contribution in [0.3, 0.4) is 0 Å². The second-order valence-electron chi connectivity index (χ2n) is 2.76. The van der Waals surface area contributed by atoms with E-state index in [1.165, 1.54) is 13.8 Å². The molecule has 0 saturated heterocycles. The van der Waals surface area contributed by atoms with Gasteiger partial charge in [0.2, 0.25) is 0 Å². The summed E-state index contributed by atoms with van der Waals surface area (Å²) in [5.41, 5.74) is 0. The van der Waals surface area contributed by atoms with Gasteiger partial charge in [0.15, 0.2) is 5.25 Å². The van der Waals surface area contributed by atoms with E-state index in [0.717, 1.165) is 0 Å². The number of carbonyl (C=O) groups is 2. The van der Waals surface area contributed by atoms with Gasteiger partial charge in [-0.25, -0.2) is 0 Å². The van der Waals surface area contributed by atoms with E-state index in [4.69, 9.17) is 4.55 Å². The molecule has 1 N–H and O–H groups in total. The SMILES string of the molecule is CCOC(=O)CC(C(=O)OCC)S(=O)(=O)O.[Li]. The van der Waals surface area contributed by atoms with Crippen LogP contribution in [0.4, 0.5) is 0 Å². The molecule has 95 valence electrons. The zero-order valence-corrected chi connectivity index (χ0v) is 10.8. The summed E-state index contributed by atoms with van der Waals surface area (Å²) < 4.78 is 39.3. The van der Waals surface area contributed by atoms with E-state index in [1.54, 1.807) is 0 Å². The summed E-state index contributed by atoms with van der Waals surface area (Å²) in [4.78, 5) is 22.2. The fourth-order valence-corrected chi connectivity index (χ4v) is 1.57. The van der Waals surface area contributed by atoms with Gasteiger partial charge in [0.05, 0.1) is 19.6 Å². The van der Waals surface area contributed by atoms with Crippen molar-refractivity contribution in [3.63, 3.8) is 0 Å². The summed E-state index contributed by atoms with van der Waals surface area (Å²) in [6.45, 7) is 3.02. The molecule has 7 nitrogen and oxygen atoms in total.